The summed E-state index contributed by atoms with van der Waals surface area (Å²) in [4.78, 5) is 1.58. The van der Waals surface area contributed by atoms with Crippen molar-refractivity contribution in [3.8, 4) is 33.8 Å². The highest BCUT2D eigenvalue weighted by molar-refractivity contribution is 8.00. The number of allylic oxidation sites excluding steroid dienone is 8. The molecule has 0 bridgehead atoms. The molecule has 0 N–H and O–H groups in total. The Morgan fingerprint density at radius 1 is 0.351 bits per heavy atom. The minimum atomic E-state index is -4.36. The van der Waals surface area contributed by atoms with E-state index in [1.54, 1.807) is 48.5 Å². The van der Waals surface area contributed by atoms with Crippen molar-refractivity contribution < 1.29 is 83.8 Å². The highest BCUT2D eigenvalue weighted by Gasteiger charge is 2.61. The molecule has 2 aliphatic rings. The lowest BCUT2D eigenvalue weighted by Gasteiger charge is -2.38. The van der Waals surface area contributed by atoms with Gasteiger partial charge in [-0.2, -0.15) is 17.6 Å². The van der Waals surface area contributed by atoms with Crippen LogP contribution in [0, 0.1) is 46.5 Å². The Balaban J connectivity index is 1.25. The van der Waals surface area contributed by atoms with E-state index < -0.39 is 150 Å². The Labute approximate surface area is 436 Å². The predicted octanol–water partition coefficient (Wildman–Crippen LogP) is 19.6. The Kier molecular flexibility index (Phi) is 15.0. The van der Waals surface area contributed by atoms with E-state index in [0.717, 1.165) is 34.1 Å². The molecule has 77 heavy (non-hydrogen) atoms. The molecule has 2 aliphatic carbocycles. The summed E-state index contributed by atoms with van der Waals surface area (Å²) in [5.74, 6) is -53.2. The van der Waals surface area contributed by atoms with E-state index in [2.05, 4.69) is 4.74 Å². The van der Waals surface area contributed by atoms with Crippen molar-refractivity contribution in [1.82, 2.24) is 0 Å². The molecule has 4 atom stereocenters. The molecule has 1 nitrogen and oxygen atoms in total. The zero-order chi connectivity index (χ0) is 56.8. The molecule has 0 aliphatic heterocycles. The van der Waals surface area contributed by atoms with Crippen molar-refractivity contribution in [3.05, 3.63) is 212 Å². The van der Waals surface area contributed by atoms with Gasteiger partial charge in [-0.3, -0.25) is 0 Å². The van der Waals surface area contributed by atoms with Gasteiger partial charge in [0, 0.05) is 19.3 Å². The van der Waals surface area contributed by atoms with Gasteiger partial charge in [-0.1, -0.05) is 114 Å². The number of halogens is 18. The molecule has 0 fully saturated rings. The van der Waals surface area contributed by atoms with Crippen LogP contribution >= 0.6 is 23.5 Å². The van der Waals surface area contributed by atoms with Crippen LogP contribution in [0.25, 0.3) is 22.3 Å². The Morgan fingerprint density at radius 3 is 0.844 bits per heavy atom. The Hall–Kier alpha value is -6.48. The quantitative estimate of drug-likeness (QED) is 0.0769. The molecule has 0 aromatic heterocycles. The van der Waals surface area contributed by atoms with E-state index in [-0.39, 0.29) is 20.6 Å². The first kappa shape index (κ1) is 56.7. The maximum atomic E-state index is 16.5. The first-order valence-corrected chi connectivity index (χ1v) is 24.3. The monoisotopic (exact) mass is 1130 g/mol. The van der Waals surface area contributed by atoms with E-state index in [0.29, 0.717) is 35.4 Å². The van der Waals surface area contributed by atoms with E-state index in [4.69, 9.17) is 0 Å². The fourth-order valence-electron chi connectivity index (χ4n) is 9.07. The molecule has 0 radical (unpaired) electrons. The molecular weight excluding hydrogens is 1090 g/mol. The van der Waals surface area contributed by atoms with E-state index in [9.17, 15) is 8.78 Å². The van der Waals surface area contributed by atoms with Gasteiger partial charge < -0.3 is 4.74 Å². The van der Waals surface area contributed by atoms with Crippen LogP contribution in [0.5, 0.6) is 11.5 Å². The standard InChI is InChI=1S/C56H36F18OS2/c1-53(2,3)76-29-19-11-25(12-20-29)23-7-15-27(16-8-23)55(49(71)43(67)37(61)44(68)50(55)72)31-33(57)39(63)47(40(64)34(31)58)75-48-41(65)35(59)32(36(60)42(48)66)56(51(73)45(69)38(62)46(70)52(56)74)28-17-9-24(10-18-28)26-13-21-30(22-14-26)77-54(4,5)6/h7-22,49,51H,1-6H3. The summed E-state index contributed by atoms with van der Waals surface area (Å²) in [5, 5.41) is 0. The minimum absolute atomic E-state index is 0.172. The molecule has 6 aromatic carbocycles. The number of benzene rings is 6. The van der Waals surface area contributed by atoms with Crippen molar-refractivity contribution in [3.63, 3.8) is 0 Å². The third kappa shape index (κ3) is 9.41. The Morgan fingerprint density at radius 2 is 0.597 bits per heavy atom. The lowest BCUT2D eigenvalue weighted by Crippen LogP contribution is -2.44. The SMILES string of the molecule is CC(C)(C)Sc1ccc(-c2ccc(C3(c4c(F)c(F)c(Oc5c(F)c(F)c(C6(c7ccc(-c8ccc(SC(C)(C)C)cc8)cc7)C(F)=C(F)C(F)=C(F)C6F)c(F)c5F)c(F)c4F)C(F)=C(F)C(F)=C(F)C3F)cc2)cc1. The largest absolute Gasteiger partial charge is 0.444 e. The molecular formula is C56H36F18OS2. The number of hydrogen-bond acceptors (Lipinski definition) is 3. The predicted molar refractivity (Wildman–Crippen MR) is 256 cm³/mol. The van der Waals surface area contributed by atoms with Gasteiger partial charge >= 0.3 is 0 Å². The van der Waals surface area contributed by atoms with E-state index in [1.807, 2.05) is 41.5 Å². The van der Waals surface area contributed by atoms with Crippen molar-refractivity contribution in [1.29, 1.82) is 0 Å². The molecule has 404 valence electrons. The normalized spacial score (nSPS) is 20.5. The maximum Gasteiger partial charge on any atom is 0.205 e. The van der Waals surface area contributed by atoms with Gasteiger partial charge in [0.2, 0.25) is 34.8 Å². The van der Waals surface area contributed by atoms with Crippen LogP contribution in [-0.2, 0) is 10.8 Å². The second-order valence-electron chi connectivity index (χ2n) is 19.6. The smallest absolute Gasteiger partial charge is 0.205 e. The lowest BCUT2D eigenvalue weighted by atomic mass is 9.66. The lowest BCUT2D eigenvalue weighted by molar-refractivity contribution is 0.185. The molecule has 0 spiro atoms. The van der Waals surface area contributed by atoms with Crippen molar-refractivity contribution in [2.24, 2.45) is 0 Å². The van der Waals surface area contributed by atoms with Crippen LogP contribution in [0.2, 0.25) is 0 Å². The van der Waals surface area contributed by atoms with Crippen LogP contribution < -0.4 is 4.74 Å². The van der Waals surface area contributed by atoms with E-state index >= 15 is 70.2 Å². The molecule has 6 aromatic rings. The van der Waals surface area contributed by atoms with Gasteiger partial charge in [-0.05, 0) is 57.6 Å². The third-order valence-electron chi connectivity index (χ3n) is 12.4. The van der Waals surface area contributed by atoms with Crippen LogP contribution in [-0.4, -0.2) is 21.8 Å². The van der Waals surface area contributed by atoms with Gasteiger partial charge in [-0.15, -0.1) is 23.5 Å². The van der Waals surface area contributed by atoms with Crippen molar-refractivity contribution in [2.75, 3.05) is 0 Å². The fraction of sp³-hybridized carbons (Fsp3) is 0.214. The number of ether oxygens (including phenoxy) is 1. The van der Waals surface area contributed by atoms with Gasteiger partial charge in [-0.25, -0.2) is 61.5 Å². The van der Waals surface area contributed by atoms with Crippen LogP contribution in [0.4, 0.5) is 79.0 Å². The molecule has 21 heteroatoms. The van der Waals surface area contributed by atoms with Gasteiger partial charge in [0.05, 0.1) is 11.1 Å². The molecule has 0 saturated carbocycles. The number of alkyl halides is 2. The molecule has 0 saturated heterocycles. The zero-order valence-electron chi connectivity index (χ0n) is 40.4. The average molecular weight is 1130 g/mol. The fourth-order valence-corrected chi connectivity index (χ4v) is 11.0. The summed E-state index contributed by atoms with van der Waals surface area (Å²) in [5.41, 5.74) is -15.2. The Bertz CT molecular complexity index is 3200. The van der Waals surface area contributed by atoms with Crippen LogP contribution in [0.1, 0.15) is 63.8 Å². The summed E-state index contributed by atoms with van der Waals surface area (Å²) in [6.07, 6.45) is -8.19. The van der Waals surface area contributed by atoms with E-state index in [1.165, 1.54) is 23.5 Å². The van der Waals surface area contributed by atoms with Crippen LogP contribution in [0.3, 0.4) is 0 Å². The summed E-state index contributed by atoms with van der Waals surface area (Å²) in [7, 11) is 0. The van der Waals surface area contributed by atoms with Crippen molar-refractivity contribution >= 4 is 23.5 Å². The maximum absolute atomic E-state index is 16.5. The van der Waals surface area contributed by atoms with Crippen molar-refractivity contribution in [2.45, 2.75) is 84.0 Å². The van der Waals surface area contributed by atoms with Gasteiger partial charge in [0.1, 0.15) is 10.8 Å². The topological polar surface area (TPSA) is 9.23 Å². The highest BCUT2D eigenvalue weighted by atomic mass is 32.2. The highest BCUT2D eigenvalue weighted by Crippen LogP contribution is 2.58. The molecule has 4 unspecified atom stereocenters. The van der Waals surface area contributed by atoms with Gasteiger partial charge in [0.25, 0.3) is 0 Å². The number of rotatable bonds is 10. The summed E-state index contributed by atoms with van der Waals surface area (Å²) >= 11 is 2.94. The second-order valence-corrected chi connectivity index (χ2v) is 23.4. The average Bonchev–Trinajstić information content (AvgIpc) is 3.48. The molecule has 8 rings (SSSR count). The number of hydrogen-bond donors (Lipinski definition) is 0. The van der Waals surface area contributed by atoms with Gasteiger partial charge in [0.15, 0.2) is 82.2 Å². The summed E-state index contributed by atoms with van der Waals surface area (Å²) < 4.78 is 291. The molecule has 0 amide bonds. The summed E-state index contributed by atoms with van der Waals surface area (Å²) in [6, 6.07) is 19.4. The summed E-state index contributed by atoms with van der Waals surface area (Å²) in [6.45, 7) is 11.6. The first-order chi connectivity index (χ1) is 35.9. The second kappa shape index (κ2) is 20.4. The third-order valence-corrected chi connectivity index (χ3v) is 14.7. The molecule has 0 heterocycles. The van der Waals surface area contributed by atoms with Crippen LogP contribution in [0.15, 0.2) is 153 Å². The first-order valence-electron chi connectivity index (χ1n) is 22.6. The minimum Gasteiger partial charge on any atom is -0.444 e. The zero-order valence-corrected chi connectivity index (χ0v) is 42.1. The number of thioether (sulfide) groups is 2.